The molecular formula is C16H17Cl2N3O. The molecule has 1 amide bonds. The summed E-state index contributed by atoms with van der Waals surface area (Å²) in [7, 11) is 0. The number of anilines is 3. The van der Waals surface area contributed by atoms with Crippen LogP contribution in [0.5, 0.6) is 0 Å². The van der Waals surface area contributed by atoms with Crippen molar-refractivity contribution in [1.29, 1.82) is 0 Å². The molecule has 2 aromatic rings. The summed E-state index contributed by atoms with van der Waals surface area (Å²) in [5.41, 5.74) is 1.46. The van der Waals surface area contributed by atoms with Crippen LogP contribution in [0.2, 0.25) is 10.0 Å². The van der Waals surface area contributed by atoms with E-state index in [4.69, 9.17) is 23.2 Å². The standard InChI is InChI=1S/C16H17Cl2N3O/c1-10(2)7-16(22)21-12-4-6-15(19-9-12)20-11-3-5-13(17)14(18)8-11/h3-6,8-10H,7H2,1-2H3,(H,19,20)(H,21,22). The number of amides is 1. The Morgan fingerprint density at radius 3 is 2.45 bits per heavy atom. The predicted molar refractivity (Wildman–Crippen MR) is 92.1 cm³/mol. The maximum Gasteiger partial charge on any atom is 0.224 e. The number of hydrogen-bond donors (Lipinski definition) is 2. The predicted octanol–water partition coefficient (Wildman–Crippen LogP) is 5.12. The third-order valence-corrected chi connectivity index (χ3v) is 3.57. The lowest BCUT2D eigenvalue weighted by Gasteiger charge is -2.09. The number of aromatic nitrogens is 1. The van der Waals surface area contributed by atoms with E-state index in [1.54, 1.807) is 30.5 Å². The van der Waals surface area contributed by atoms with E-state index in [9.17, 15) is 4.79 Å². The molecule has 1 aromatic heterocycles. The lowest BCUT2D eigenvalue weighted by molar-refractivity contribution is -0.116. The second kappa shape index (κ2) is 7.47. The van der Waals surface area contributed by atoms with Crippen molar-refractivity contribution in [3.8, 4) is 0 Å². The van der Waals surface area contributed by atoms with Gasteiger partial charge in [-0.2, -0.15) is 0 Å². The Labute approximate surface area is 139 Å². The van der Waals surface area contributed by atoms with Gasteiger partial charge in [0, 0.05) is 12.1 Å². The monoisotopic (exact) mass is 337 g/mol. The van der Waals surface area contributed by atoms with Gasteiger partial charge in [-0.3, -0.25) is 4.79 Å². The van der Waals surface area contributed by atoms with Gasteiger partial charge in [-0.25, -0.2) is 4.98 Å². The molecule has 0 bridgehead atoms. The first-order valence-corrected chi connectivity index (χ1v) is 7.67. The Hall–Kier alpha value is -1.78. The summed E-state index contributed by atoms with van der Waals surface area (Å²) < 4.78 is 0. The normalized spacial score (nSPS) is 10.6. The van der Waals surface area contributed by atoms with Crippen molar-refractivity contribution >= 4 is 46.3 Å². The van der Waals surface area contributed by atoms with Gasteiger partial charge in [-0.1, -0.05) is 37.0 Å². The van der Waals surface area contributed by atoms with E-state index in [0.29, 0.717) is 33.9 Å². The van der Waals surface area contributed by atoms with Crippen LogP contribution in [0.4, 0.5) is 17.2 Å². The molecule has 0 saturated carbocycles. The van der Waals surface area contributed by atoms with Crippen molar-refractivity contribution in [3.05, 3.63) is 46.6 Å². The maximum atomic E-state index is 11.7. The van der Waals surface area contributed by atoms with E-state index in [0.717, 1.165) is 5.69 Å². The van der Waals surface area contributed by atoms with Crippen LogP contribution in [-0.2, 0) is 4.79 Å². The molecule has 0 radical (unpaired) electrons. The van der Waals surface area contributed by atoms with Crippen molar-refractivity contribution in [1.82, 2.24) is 4.98 Å². The molecule has 0 unspecified atom stereocenters. The van der Waals surface area contributed by atoms with Crippen molar-refractivity contribution in [3.63, 3.8) is 0 Å². The second-order valence-corrected chi connectivity index (χ2v) is 6.15. The van der Waals surface area contributed by atoms with E-state index in [1.807, 2.05) is 19.9 Å². The minimum atomic E-state index is -0.0120. The number of carbonyl (C=O) groups excluding carboxylic acids is 1. The molecule has 0 aliphatic heterocycles. The molecule has 4 nitrogen and oxygen atoms in total. The Morgan fingerprint density at radius 1 is 1.14 bits per heavy atom. The lowest BCUT2D eigenvalue weighted by Crippen LogP contribution is -2.13. The Balaban J connectivity index is 1.99. The number of carbonyl (C=O) groups is 1. The molecule has 0 atom stereocenters. The van der Waals surface area contributed by atoms with Crippen LogP contribution in [0.15, 0.2) is 36.5 Å². The van der Waals surface area contributed by atoms with Gasteiger partial charge in [0.15, 0.2) is 0 Å². The molecule has 0 spiro atoms. The minimum Gasteiger partial charge on any atom is -0.340 e. The minimum absolute atomic E-state index is 0.0120. The fourth-order valence-electron chi connectivity index (χ4n) is 1.85. The molecule has 0 aliphatic carbocycles. The van der Waals surface area contributed by atoms with E-state index >= 15 is 0 Å². The molecule has 6 heteroatoms. The number of pyridine rings is 1. The number of nitrogens with zero attached hydrogens (tertiary/aromatic N) is 1. The molecule has 2 rings (SSSR count). The summed E-state index contributed by atoms with van der Waals surface area (Å²) in [6.07, 6.45) is 2.10. The van der Waals surface area contributed by atoms with Crippen LogP contribution in [0.1, 0.15) is 20.3 Å². The molecule has 22 heavy (non-hydrogen) atoms. The first-order valence-electron chi connectivity index (χ1n) is 6.92. The Bertz CT molecular complexity index is 657. The Kier molecular flexibility index (Phi) is 5.63. The van der Waals surface area contributed by atoms with E-state index < -0.39 is 0 Å². The van der Waals surface area contributed by atoms with Gasteiger partial charge >= 0.3 is 0 Å². The van der Waals surface area contributed by atoms with Gasteiger partial charge < -0.3 is 10.6 Å². The van der Waals surface area contributed by atoms with Crippen molar-refractivity contribution in [2.45, 2.75) is 20.3 Å². The molecule has 2 N–H and O–H groups in total. The highest BCUT2D eigenvalue weighted by Gasteiger charge is 2.06. The van der Waals surface area contributed by atoms with Crippen LogP contribution in [0, 0.1) is 5.92 Å². The summed E-state index contributed by atoms with van der Waals surface area (Å²) in [4.78, 5) is 15.9. The van der Waals surface area contributed by atoms with Crippen molar-refractivity contribution in [2.75, 3.05) is 10.6 Å². The van der Waals surface area contributed by atoms with Crippen LogP contribution in [0.3, 0.4) is 0 Å². The zero-order chi connectivity index (χ0) is 16.1. The van der Waals surface area contributed by atoms with Crippen LogP contribution in [-0.4, -0.2) is 10.9 Å². The SMILES string of the molecule is CC(C)CC(=O)Nc1ccc(Nc2ccc(Cl)c(Cl)c2)nc1. The third kappa shape index (κ3) is 4.90. The van der Waals surface area contributed by atoms with Gasteiger partial charge in [0.25, 0.3) is 0 Å². The highest BCUT2D eigenvalue weighted by Crippen LogP contribution is 2.26. The highest BCUT2D eigenvalue weighted by atomic mass is 35.5. The summed E-state index contributed by atoms with van der Waals surface area (Å²) >= 11 is 11.8. The zero-order valence-electron chi connectivity index (χ0n) is 12.4. The van der Waals surface area contributed by atoms with Crippen molar-refractivity contribution < 1.29 is 4.79 Å². The van der Waals surface area contributed by atoms with Crippen LogP contribution < -0.4 is 10.6 Å². The number of rotatable bonds is 5. The van der Waals surface area contributed by atoms with Gasteiger partial charge in [0.2, 0.25) is 5.91 Å². The molecule has 0 aliphatic rings. The quantitative estimate of drug-likeness (QED) is 0.796. The van der Waals surface area contributed by atoms with Gasteiger partial charge in [0.05, 0.1) is 21.9 Å². The number of benzene rings is 1. The van der Waals surface area contributed by atoms with E-state index in [-0.39, 0.29) is 5.91 Å². The second-order valence-electron chi connectivity index (χ2n) is 5.33. The van der Waals surface area contributed by atoms with Gasteiger partial charge in [-0.15, -0.1) is 0 Å². The summed E-state index contributed by atoms with van der Waals surface area (Å²) in [6.45, 7) is 4.00. The summed E-state index contributed by atoms with van der Waals surface area (Å²) in [5.74, 6) is 0.964. The van der Waals surface area contributed by atoms with Crippen LogP contribution >= 0.6 is 23.2 Å². The molecule has 1 aromatic carbocycles. The smallest absolute Gasteiger partial charge is 0.224 e. The first-order chi connectivity index (χ1) is 10.4. The largest absolute Gasteiger partial charge is 0.340 e. The summed E-state index contributed by atoms with van der Waals surface area (Å²) in [5, 5.41) is 6.91. The van der Waals surface area contributed by atoms with Crippen molar-refractivity contribution in [2.24, 2.45) is 5.92 Å². The van der Waals surface area contributed by atoms with E-state index in [2.05, 4.69) is 15.6 Å². The average molecular weight is 338 g/mol. The molecule has 1 heterocycles. The fourth-order valence-corrected chi connectivity index (χ4v) is 2.14. The van der Waals surface area contributed by atoms with Gasteiger partial charge in [-0.05, 0) is 36.2 Å². The number of halogens is 2. The maximum absolute atomic E-state index is 11.7. The zero-order valence-corrected chi connectivity index (χ0v) is 13.9. The van der Waals surface area contributed by atoms with E-state index in [1.165, 1.54) is 0 Å². The first kappa shape index (κ1) is 16.6. The fraction of sp³-hybridized carbons (Fsp3) is 0.250. The molecule has 0 saturated heterocycles. The molecular weight excluding hydrogens is 321 g/mol. The van der Waals surface area contributed by atoms with Crippen LogP contribution in [0.25, 0.3) is 0 Å². The average Bonchev–Trinajstić information content (AvgIpc) is 2.44. The topological polar surface area (TPSA) is 54.0 Å². The Morgan fingerprint density at radius 2 is 1.86 bits per heavy atom. The summed E-state index contributed by atoms with van der Waals surface area (Å²) in [6, 6.07) is 8.84. The molecule has 0 fully saturated rings. The number of hydrogen-bond acceptors (Lipinski definition) is 3. The lowest BCUT2D eigenvalue weighted by atomic mass is 10.1. The van der Waals surface area contributed by atoms with Gasteiger partial charge in [0.1, 0.15) is 5.82 Å². The highest BCUT2D eigenvalue weighted by molar-refractivity contribution is 6.42. The molecule has 116 valence electrons. The number of nitrogens with one attached hydrogen (secondary N) is 2. The third-order valence-electron chi connectivity index (χ3n) is 2.83.